The summed E-state index contributed by atoms with van der Waals surface area (Å²) in [4.78, 5) is 22.2. The molecule has 206 valence electrons. The van der Waals surface area contributed by atoms with Crippen molar-refractivity contribution < 1.29 is 9.90 Å². The van der Waals surface area contributed by atoms with Gasteiger partial charge in [-0.05, 0) is 79.3 Å². The zero-order chi connectivity index (χ0) is 27.3. The molecule has 4 aromatic rings. The monoisotopic (exact) mass is 556 g/mol. The third-order valence-corrected chi connectivity index (χ3v) is 9.16. The van der Waals surface area contributed by atoms with Gasteiger partial charge in [-0.15, -0.1) is 0 Å². The highest BCUT2D eigenvalue weighted by molar-refractivity contribution is 6.30. The van der Waals surface area contributed by atoms with Gasteiger partial charge < -0.3 is 20.2 Å². The first-order valence-corrected chi connectivity index (χ1v) is 14.5. The Balaban J connectivity index is 1.03. The van der Waals surface area contributed by atoms with E-state index in [0.717, 1.165) is 59.9 Å². The topological polar surface area (TPSA) is 86.0 Å². The van der Waals surface area contributed by atoms with Crippen LogP contribution >= 0.6 is 11.6 Å². The molecule has 0 bridgehead atoms. The molecule has 2 aromatic carbocycles. The van der Waals surface area contributed by atoms with Crippen LogP contribution in [-0.4, -0.2) is 69.3 Å². The number of nitrogens with zero attached hydrogens (tertiary/aromatic N) is 5. The number of piperidine rings is 1. The van der Waals surface area contributed by atoms with Gasteiger partial charge in [0.1, 0.15) is 0 Å². The van der Waals surface area contributed by atoms with Gasteiger partial charge >= 0.3 is 0 Å². The Labute approximate surface area is 238 Å². The third-order valence-electron chi connectivity index (χ3n) is 8.91. The summed E-state index contributed by atoms with van der Waals surface area (Å²) in [6, 6.07) is 19.9. The maximum Gasteiger partial charge on any atom is 0.253 e. The molecule has 0 aliphatic carbocycles. The molecule has 2 aromatic heterocycles. The van der Waals surface area contributed by atoms with E-state index in [1.807, 2.05) is 70.2 Å². The predicted octanol–water partition coefficient (Wildman–Crippen LogP) is 3.90. The van der Waals surface area contributed by atoms with Crippen molar-refractivity contribution in [3.05, 3.63) is 94.4 Å². The van der Waals surface area contributed by atoms with Crippen molar-refractivity contribution in [2.45, 2.75) is 37.3 Å². The van der Waals surface area contributed by atoms with Gasteiger partial charge in [-0.25, -0.2) is 9.50 Å². The average Bonchev–Trinajstić information content (AvgIpc) is 3.69. The summed E-state index contributed by atoms with van der Waals surface area (Å²) in [6.45, 7) is 4.14. The second-order valence-electron chi connectivity index (χ2n) is 11.4. The van der Waals surface area contributed by atoms with E-state index in [9.17, 15) is 9.90 Å². The lowest BCUT2D eigenvalue weighted by atomic mass is 9.84. The molecule has 9 heteroatoms. The normalized spacial score (nSPS) is 22.1. The van der Waals surface area contributed by atoms with Crippen molar-refractivity contribution in [1.82, 2.24) is 24.8 Å². The summed E-state index contributed by atoms with van der Waals surface area (Å²) in [7, 11) is 0. The molecule has 1 amide bonds. The molecule has 8 nitrogen and oxygen atoms in total. The first-order chi connectivity index (χ1) is 19.4. The summed E-state index contributed by atoms with van der Waals surface area (Å²) in [6.07, 6.45) is 4.91. The Kier molecular flexibility index (Phi) is 6.49. The minimum absolute atomic E-state index is 0.114. The van der Waals surface area contributed by atoms with E-state index in [-0.39, 0.29) is 5.91 Å². The standard InChI is InChI=1S/C31H33ClN6O2/c32-25-9-7-24(8-10-25)31(40)12-16-36(17-13-31)27-2-1-15-38-29(27)34-28(35-38)18-21-3-5-22(6-4-21)30(39)37-19-23-11-14-33-26(23)20-37/h1-10,15,23,26,33,40H,11-14,16-20H2/t23-,26+/m1/s1. The van der Waals surface area contributed by atoms with Gasteiger partial charge in [0.15, 0.2) is 11.5 Å². The minimum atomic E-state index is -0.858. The number of aliphatic hydroxyl groups is 1. The number of carbonyl (C=O) groups excluding carboxylic acids is 1. The molecule has 40 heavy (non-hydrogen) atoms. The highest BCUT2D eigenvalue weighted by atomic mass is 35.5. The van der Waals surface area contributed by atoms with E-state index < -0.39 is 5.60 Å². The van der Waals surface area contributed by atoms with E-state index in [1.165, 1.54) is 0 Å². The predicted molar refractivity (Wildman–Crippen MR) is 155 cm³/mol. The number of hydrogen-bond acceptors (Lipinski definition) is 6. The van der Waals surface area contributed by atoms with Crippen LogP contribution in [0.1, 0.15) is 46.6 Å². The molecule has 3 aliphatic rings. The van der Waals surface area contributed by atoms with Crippen LogP contribution in [0.5, 0.6) is 0 Å². The SMILES string of the molecule is O=C(c1ccc(Cc2nc3c(N4CCC(O)(c5ccc(Cl)cc5)CC4)cccn3n2)cc1)N1C[C@H]2CCN[C@H]2C1. The quantitative estimate of drug-likeness (QED) is 0.388. The number of amides is 1. The fraction of sp³-hybridized carbons (Fsp3) is 0.387. The Morgan fingerprint density at radius 1 is 1.05 bits per heavy atom. The first-order valence-electron chi connectivity index (χ1n) is 14.1. The van der Waals surface area contributed by atoms with Gasteiger partial charge in [0.05, 0.1) is 11.3 Å². The average molecular weight is 557 g/mol. The maximum atomic E-state index is 13.0. The largest absolute Gasteiger partial charge is 0.385 e. The lowest BCUT2D eigenvalue weighted by Crippen LogP contribution is -2.42. The van der Waals surface area contributed by atoms with Crippen LogP contribution < -0.4 is 10.2 Å². The second-order valence-corrected chi connectivity index (χ2v) is 11.8. The van der Waals surface area contributed by atoms with Gasteiger partial charge in [0.2, 0.25) is 0 Å². The highest BCUT2D eigenvalue weighted by Crippen LogP contribution is 2.36. The lowest BCUT2D eigenvalue weighted by molar-refractivity contribution is 0.0118. The van der Waals surface area contributed by atoms with Crippen molar-refractivity contribution in [3.8, 4) is 0 Å². The molecular formula is C31H33ClN6O2. The molecule has 3 saturated heterocycles. The molecule has 3 fully saturated rings. The zero-order valence-electron chi connectivity index (χ0n) is 22.3. The third kappa shape index (κ3) is 4.74. The number of hydrogen-bond donors (Lipinski definition) is 2. The Bertz CT molecular complexity index is 1520. The van der Waals surface area contributed by atoms with Crippen LogP contribution in [0.25, 0.3) is 5.65 Å². The van der Waals surface area contributed by atoms with E-state index in [0.29, 0.717) is 49.3 Å². The molecular weight excluding hydrogens is 524 g/mol. The van der Waals surface area contributed by atoms with Crippen molar-refractivity contribution in [2.24, 2.45) is 5.92 Å². The van der Waals surface area contributed by atoms with Crippen LogP contribution in [0, 0.1) is 5.92 Å². The highest BCUT2D eigenvalue weighted by Gasteiger charge is 2.38. The fourth-order valence-corrected chi connectivity index (χ4v) is 6.70. The summed E-state index contributed by atoms with van der Waals surface area (Å²) in [5, 5.41) is 20.2. The Morgan fingerprint density at radius 2 is 1.82 bits per heavy atom. The summed E-state index contributed by atoms with van der Waals surface area (Å²) < 4.78 is 1.83. The number of aromatic nitrogens is 3. The van der Waals surface area contributed by atoms with Crippen molar-refractivity contribution in [3.63, 3.8) is 0 Å². The van der Waals surface area contributed by atoms with E-state index in [1.54, 1.807) is 0 Å². The smallest absolute Gasteiger partial charge is 0.253 e. The summed E-state index contributed by atoms with van der Waals surface area (Å²) in [5.74, 6) is 1.44. The van der Waals surface area contributed by atoms with Crippen LogP contribution in [0.4, 0.5) is 5.69 Å². The zero-order valence-corrected chi connectivity index (χ0v) is 23.1. The van der Waals surface area contributed by atoms with Crippen LogP contribution in [0.2, 0.25) is 5.02 Å². The fourth-order valence-electron chi connectivity index (χ4n) is 6.57. The van der Waals surface area contributed by atoms with Crippen molar-refractivity contribution >= 4 is 28.8 Å². The Hall–Kier alpha value is -3.46. The van der Waals surface area contributed by atoms with Crippen molar-refractivity contribution in [2.75, 3.05) is 37.6 Å². The van der Waals surface area contributed by atoms with Gasteiger partial charge in [0.25, 0.3) is 5.91 Å². The Morgan fingerprint density at radius 3 is 2.58 bits per heavy atom. The van der Waals surface area contributed by atoms with Crippen molar-refractivity contribution in [1.29, 1.82) is 0 Å². The lowest BCUT2D eigenvalue weighted by Gasteiger charge is -2.39. The minimum Gasteiger partial charge on any atom is -0.385 e. The summed E-state index contributed by atoms with van der Waals surface area (Å²) in [5.41, 5.74) is 3.69. The molecule has 0 saturated carbocycles. The van der Waals surface area contributed by atoms with Crippen LogP contribution in [-0.2, 0) is 12.0 Å². The molecule has 0 radical (unpaired) electrons. The van der Waals surface area contributed by atoms with Gasteiger partial charge in [-0.1, -0.05) is 35.9 Å². The number of carbonyl (C=O) groups is 1. The maximum absolute atomic E-state index is 13.0. The molecule has 2 atom stereocenters. The first kappa shape index (κ1) is 25.5. The molecule has 0 spiro atoms. The molecule has 5 heterocycles. The van der Waals surface area contributed by atoms with Gasteiger partial charge in [0, 0.05) is 55.4 Å². The second kappa shape index (κ2) is 10.2. The number of halogens is 1. The summed E-state index contributed by atoms with van der Waals surface area (Å²) >= 11 is 6.04. The number of fused-ring (bicyclic) bond motifs is 2. The number of rotatable bonds is 5. The molecule has 3 aliphatic heterocycles. The van der Waals surface area contributed by atoms with E-state index in [4.69, 9.17) is 21.7 Å². The van der Waals surface area contributed by atoms with E-state index in [2.05, 4.69) is 16.3 Å². The molecule has 2 N–H and O–H groups in total. The molecule has 0 unspecified atom stereocenters. The number of likely N-dealkylation sites (tertiary alicyclic amines) is 1. The van der Waals surface area contributed by atoms with E-state index >= 15 is 0 Å². The number of pyridine rings is 1. The van der Waals surface area contributed by atoms with Gasteiger partial charge in [-0.2, -0.15) is 5.10 Å². The van der Waals surface area contributed by atoms with Gasteiger partial charge in [-0.3, -0.25) is 4.79 Å². The molecule has 7 rings (SSSR count). The number of benzene rings is 2. The van der Waals surface area contributed by atoms with Crippen LogP contribution in [0.3, 0.4) is 0 Å². The number of anilines is 1. The number of nitrogens with one attached hydrogen (secondary N) is 1. The van der Waals surface area contributed by atoms with Crippen LogP contribution in [0.15, 0.2) is 66.9 Å².